The van der Waals surface area contributed by atoms with Gasteiger partial charge in [-0.1, -0.05) is 19.0 Å². The zero-order chi connectivity index (χ0) is 9.42. The van der Waals surface area contributed by atoms with Crippen molar-refractivity contribution in [2.45, 2.75) is 19.8 Å². The second-order valence-corrected chi connectivity index (χ2v) is 3.40. The molecule has 3 heteroatoms. The number of fused-ring (bicyclic) bond motifs is 1. The quantitative estimate of drug-likeness (QED) is 0.728. The molecular formula is C10H11NO2. The van der Waals surface area contributed by atoms with Crippen molar-refractivity contribution in [2.75, 3.05) is 0 Å². The Kier molecular flexibility index (Phi) is 1.72. The third-order valence-corrected chi connectivity index (χ3v) is 2.01. The third-order valence-electron chi connectivity index (χ3n) is 2.01. The van der Waals surface area contributed by atoms with Crippen molar-refractivity contribution in [1.82, 2.24) is 5.16 Å². The lowest BCUT2D eigenvalue weighted by molar-refractivity contribution is 0.378. The van der Waals surface area contributed by atoms with E-state index in [-0.39, 0.29) is 11.7 Å². The standard InChI is InChI=1S/C10H11NO2/c1-6(2)10-8-5-7(12)3-4-9(8)11-13-10/h3-6,12H,1-2H3. The second-order valence-electron chi connectivity index (χ2n) is 3.40. The lowest BCUT2D eigenvalue weighted by Crippen LogP contribution is -1.83. The minimum absolute atomic E-state index is 0.248. The SMILES string of the molecule is CC(C)c1onc2ccc(O)cc12. The largest absolute Gasteiger partial charge is 0.508 e. The molecule has 0 saturated heterocycles. The summed E-state index contributed by atoms with van der Waals surface area (Å²) in [4.78, 5) is 0. The molecular weight excluding hydrogens is 166 g/mol. The van der Waals surface area contributed by atoms with Gasteiger partial charge in [-0.2, -0.15) is 0 Å². The molecule has 0 aliphatic carbocycles. The molecule has 1 aromatic heterocycles. The molecule has 3 nitrogen and oxygen atoms in total. The zero-order valence-corrected chi connectivity index (χ0v) is 7.61. The lowest BCUT2D eigenvalue weighted by atomic mass is 10.1. The van der Waals surface area contributed by atoms with Crippen LogP contribution < -0.4 is 0 Å². The molecule has 0 saturated carbocycles. The van der Waals surface area contributed by atoms with Crippen molar-refractivity contribution >= 4 is 10.9 Å². The van der Waals surface area contributed by atoms with E-state index in [1.807, 2.05) is 13.8 Å². The number of aromatic hydroxyl groups is 1. The molecule has 1 aromatic carbocycles. The molecule has 1 N–H and O–H groups in total. The Labute approximate surface area is 76.0 Å². The molecule has 68 valence electrons. The Morgan fingerprint density at radius 1 is 1.38 bits per heavy atom. The first kappa shape index (κ1) is 8.10. The first-order chi connectivity index (χ1) is 6.18. The van der Waals surface area contributed by atoms with Crippen LogP contribution in [0.25, 0.3) is 10.9 Å². The minimum Gasteiger partial charge on any atom is -0.508 e. The molecule has 0 bridgehead atoms. The maximum absolute atomic E-state index is 9.29. The van der Waals surface area contributed by atoms with E-state index in [1.165, 1.54) is 0 Å². The number of rotatable bonds is 1. The van der Waals surface area contributed by atoms with Crippen molar-refractivity contribution in [2.24, 2.45) is 0 Å². The average Bonchev–Trinajstić information content (AvgIpc) is 2.46. The van der Waals surface area contributed by atoms with Gasteiger partial charge in [-0.25, -0.2) is 0 Å². The predicted molar refractivity (Wildman–Crippen MR) is 49.8 cm³/mol. The molecule has 1 heterocycles. The van der Waals surface area contributed by atoms with Crippen LogP contribution in [0.15, 0.2) is 22.7 Å². The highest BCUT2D eigenvalue weighted by atomic mass is 16.5. The van der Waals surface area contributed by atoms with Crippen LogP contribution >= 0.6 is 0 Å². The van der Waals surface area contributed by atoms with Crippen molar-refractivity contribution < 1.29 is 9.63 Å². The summed E-state index contributed by atoms with van der Waals surface area (Å²) < 4.78 is 5.17. The van der Waals surface area contributed by atoms with Crippen LogP contribution in [0, 0.1) is 0 Å². The van der Waals surface area contributed by atoms with E-state index in [4.69, 9.17) is 4.52 Å². The summed E-state index contributed by atoms with van der Waals surface area (Å²) in [5, 5.41) is 14.1. The van der Waals surface area contributed by atoms with Crippen molar-refractivity contribution in [1.29, 1.82) is 0 Å². The van der Waals surface area contributed by atoms with Crippen LogP contribution in [0.1, 0.15) is 25.5 Å². The predicted octanol–water partition coefficient (Wildman–Crippen LogP) is 2.66. The van der Waals surface area contributed by atoms with Crippen LogP contribution in [-0.2, 0) is 0 Å². The number of benzene rings is 1. The summed E-state index contributed by atoms with van der Waals surface area (Å²) in [6.45, 7) is 4.06. The fourth-order valence-corrected chi connectivity index (χ4v) is 1.36. The van der Waals surface area contributed by atoms with E-state index in [9.17, 15) is 5.11 Å². The second kappa shape index (κ2) is 2.76. The summed E-state index contributed by atoms with van der Waals surface area (Å²) in [6, 6.07) is 5.04. The minimum atomic E-state index is 0.248. The Hall–Kier alpha value is -1.51. The fourth-order valence-electron chi connectivity index (χ4n) is 1.36. The molecule has 2 aromatic rings. The monoisotopic (exact) mass is 177 g/mol. The highest BCUT2D eigenvalue weighted by molar-refractivity contribution is 5.82. The number of aromatic nitrogens is 1. The molecule has 0 unspecified atom stereocenters. The Balaban J connectivity index is 2.71. The van der Waals surface area contributed by atoms with Gasteiger partial charge < -0.3 is 9.63 Å². The van der Waals surface area contributed by atoms with Gasteiger partial charge in [0.15, 0.2) is 0 Å². The molecule has 13 heavy (non-hydrogen) atoms. The van der Waals surface area contributed by atoms with Gasteiger partial charge in [0.25, 0.3) is 0 Å². The smallest absolute Gasteiger partial charge is 0.147 e. The normalized spacial score (nSPS) is 11.3. The molecule has 0 radical (unpaired) electrons. The summed E-state index contributed by atoms with van der Waals surface area (Å²) in [5.41, 5.74) is 0.793. The molecule has 0 aliphatic heterocycles. The van der Waals surface area contributed by atoms with Gasteiger partial charge in [-0.3, -0.25) is 0 Å². The van der Waals surface area contributed by atoms with Crippen LogP contribution in [-0.4, -0.2) is 10.3 Å². The first-order valence-corrected chi connectivity index (χ1v) is 4.27. The Morgan fingerprint density at radius 2 is 2.15 bits per heavy atom. The Morgan fingerprint density at radius 3 is 2.85 bits per heavy atom. The summed E-state index contributed by atoms with van der Waals surface area (Å²) in [7, 11) is 0. The summed E-state index contributed by atoms with van der Waals surface area (Å²) >= 11 is 0. The van der Waals surface area contributed by atoms with Gasteiger partial charge in [0.05, 0.1) is 0 Å². The molecule has 0 atom stereocenters. The highest BCUT2D eigenvalue weighted by Crippen LogP contribution is 2.27. The van der Waals surface area contributed by atoms with Crippen LogP contribution in [0.3, 0.4) is 0 Å². The van der Waals surface area contributed by atoms with Crippen molar-refractivity contribution in [3.8, 4) is 5.75 Å². The third kappa shape index (κ3) is 1.26. The van der Waals surface area contributed by atoms with Gasteiger partial charge >= 0.3 is 0 Å². The van der Waals surface area contributed by atoms with E-state index in [2.05, 4.69) is 5.16 Å². The number of phenols is 1. The van der Waals surface area contributed by atoms with Crippen LogP contribution in [0.2, 0.25) is 0 Å². The molecule has 0 aliphatic rings. The molecule has 2 rings (SSSR count). The van der Waals surface area contributed by atoms with E-state index < -0.39 is 0 Å². The summed E-state index contributed by atoms with van der Waals surface area (Å²) in [5.74, 6) is 1.36. The fraction of sp³-hybridized carbons (Fsp3) is 0.300. The van der Waals surface area contributed by atoms with E-state index in [0.717, 1.165) is 16.7 Å². The molecule has 0 spiro atoms. The van der Waals surface area contributed by atoms with Crippen LogP contribution in [0.5, 0.6) is 5.75 Å². The number of nitrogens with zero attached hydrogens (tertiary/aromatic N) is 1. The van der Waals surface area contributed by atoms with Gasteiger partial charge in [-0.15, -0.1) is 0 Å². The highest BCUT2D eigenvalue weighted by Gasteiger charge is 2.11. The number of hydrogen-bond donors (Lipinski definition) is 1. The van der Waals surface area contributed by atoms with E-state index in [1.54, 1.807) is 18.2 Å². The molecule has 0 fully saturated rings. The zero-order valence-electron chi connectivity index (χ0n) is 7.61. The topological polar surface area (TPSA) is 46.3 Å². The van der Waals surface area contributed by atoms with Gasteiger partial charge in [0, 0.05) is 11.3 Å². The first-order valence-electron chi connectivity index (χ1n) is 4.27. The van der Waals surface area contributed by atoms with Crippen molar-refractivity contribution in [3.05, 3.63) is 24.0 Å². The van der Waals surface area contributed by atoms with Gasteiger partial charge in [0.2, 0.25) is 0 Å². The number of hydrogen-bond acceptors (Lipinski definition) is 3. The molecule has 0 amide bonds. The Bertz CT molecular complexity index is 431. The lowest BCUT2D eigenvalue weighted by Gasteiger charge is -1.98. The van der Waals surface area contributed by atoms with Gasteiger partial charge in [0.1, 0.15) is 17.0 Å². The van der Waals surface area contributed by atoms with Gasteiger partial charge in [-0.05, 0) is 18.2 Å². The average molecular weight is 177 g/mol. The van der Waals surface area contributed by atoms with Crippen LogP contribution in [0.4, 0.5) is 0 Å². The van der Waals surface area contributed by atoms with Crippen molar-refractivity contribution in [3.63, 3.8) is 0 Å². The summed E-state index contributed by atoms with van der Waals surface area (Å²) in [6.07, 6.45) is 0. The maximum atomic E-state index is 9.29. The van der Waals surface area contributed by atoms with E-state index >= 15 is 0 Å². The van der Waals surface area contributed by atoms with E-state index in [0.29, 0.717) is 0 Å². The maximum Gasteiger partial charge on any atom is 0.147 e. The number of phenolic OH excluding ortho intramolecular Hbond substituents is 1.